The molecule has 0 aromatic heterocycles. The van der Waals surface area contributed by atoms with E-state index in [9.17, 15) is 0 Å². The minimum Gasteiger partial charge on any atom is -0.343 e. The van der Waals surface area contributed by atoms with E-state index in [0.717, 1.165) is 24.0 Å². The third-order valence-corrected chi connectivity index (χ3v) is 7.05. The maximum Gasteiger partial charge on any atom is 0.0491 e. The van der Waals surface area contributed by atoms with Gasteiger partial charge in [0, 0.05) is 29.4 Å². The van der Waals surface area contributed by atoms with Gasteiger partial charge in [0.25, 0.3) is 0 Å². The van der Waals surface area contributed by atoms with Crippen LogP contribution in [0.25, 0.3) is 5.70 Å². The molecule has 142 valence electrons. The van der Waals surface area contributed by atoms with Gasteiger partial charge in [-0.05, 0) is 83.6 Å². The Kier molecular flexibility index (Phi) is 4.25. The Morgan fingerprint density at radius 2 is 1.85 bits per heavy atom. The SMILES string of the molecule is C=C(C)C1=CN2C(=CC1=C)c1cc(CC)c(CC)cc1C1CCC(C)(C)C12. The zero-order valence-electron chi connectivity index (χ0n) is 17.7. The monoisotopic (exact) mass is 359 g/mol. The molecule has 1 heteroatoms. The van der Waals surface area contributed by atoms with Crippen molar-refractivity contribution in [3.05, 3.63) is 76.5 Å². The molecule has 3 aliphatic rings. The van der Waals surface area contributed by atoms with Gasteiger partial charge in [0.05, 0.1) is 0 Å². The van der Waals surface area contributed by atoms with Crippen LogP contribution in [0.4, 0.5) is 0 Å². The van der Waals surface area contributed by atoms with Gasteiger partial charge in [0.2, 0.25) is 0 Å². The summed E-state index contributed by atoms with van der Waals surface area (Å²) in [6, 6.07) is 5.52. The van der Waals surface area contributed by atoms with Gasteiger partial charge in [0.15, 0.2) is 0 Å². The minimum absolute atomic E-state index is 0.298. The van der Waals surface area contributed by atoms with Crippen molar-refractivity contribution in [2.45, 2.75) is 72.3 Å². The number of benzene rings is 1. The molecule has 0 radical (unpaired) electrons. The van der Waals surface area contributed by atoms with E-state index in [-0.39, 0.29) is 0 Å². The second-order valence-electron chi connectivity index (χ2n) is 9.28. The summed E-state index contributed by atoms with van der Waals surface area (Å²) in [5.74, 6) is 0.609. The van der Waals surface area contributed by atoms with Crippen molar-refractivity contribution in [1.29, 1.82) is 0 Å². The molecular formula is C26H33N. The molecule has 2 unspecified atom stereocenters. The first kappa shape index (κ1) is 18.3. The van der Waals surface area contributed by atoms with Crippen molar-refractivity contribution >= 4 is 5.70 Å². The second-order valence-corrected chi connectivity index (χ2v) is 9.28. The highest BCUT2D eigenvalue weighted by molar-refractivity contribution is 5.78. The summed E-state index contributed by atoms with van der Waals surface area (Å²) in [5, 5.41) is 0. The molecule has 2 aliphatic heterocycles. The van der Waals surface area contributed by atoms with Gasteiger partial charge in [0.1, 0.15) is 0 Å². The maximum absolute atomic E-state index is 4.35. The summed E-state index contributed by atoms with van der Waals surface area (Å²) < 4.78 is 0. The van der Waals surface area contributed by atoms with Crippen molar-refractivity contribution in [2.75, 3.05) is 0 Å². The van der Waals surface area contributed by atoms with E-state index >= 15 is 0 Å². The fourth-order valence-electron chi connectivity index (χ4n) is 5.61. The lowest BCUT2D eigenvalue weighted by Gasteiger charge is -2.48. The summed E-state index contributed by atoms with van der Waals surface area (Å²) in [6.45, 7) is 20.1. The molecule has 0 saturated heterocycles. The Bertz CT molecular complexity index is 893. The first-order valence-electron chi connectivity index (χ1n) is 10.5. The van der Waals surface area contributed by atoms with Gasteiger partial charge in [-0.1, -0.05) is 46.9 Å². The predicted molar refractivity (Wildman–Crippen MR) is 117 cm³/mol. The topological polar surface area (TPSA) is 3.24 Å². The van der Waals surface area contributed by atoms with Crippen LogP contribution in [-0.2, 0) is 12.8 Å². The lowest BCUT2D eigenvalue weighted by Crippen LogP contribution is -2.45. The first-order valence-corrected chi connectivity index (χ1v) is 10.5. The number of hydrogen-bond acceptors (Lipinski definition) is 1. The summed E-state index contributed by atoms with van der Waals surface area (Å²) in [6.07, 6.45) is 9.41. The van der Waals surface area contributed by atoms with Crippen LogP contribution in [0.5, 0.6) is 0 Å². The normalized spacial score (nSPS) is 25.4. The highest BCUT2D eigenvalue weighted by Crippen LogP contribution is 2.56. The van der Waals surface area contributed by atoms with Crippen LogP contribution in [0.1, 0.15) is 75.6 Å². The largest absolute Gasteiger partial charge is 0.343 e. The van der Waals surface area contributed by atoms with Crippen LogP contribution in [-0.4, -0.2) is 10.9 Å². The van der Waals surface area contributed by atoms with Crippen LogP contribution >= 0.6 is 0 Å². The van der Waals surface area contributed by atoms with E-state index < -0.39 is 0 Å². The third kappa shape index (κ3) is 2.66. The van der Waals surface area contributed by atoms with E-state index in [2.05, 4.69) is 77.1 Å². The molecule has 4 rings (SSSR count). The Morgan fingerprint density at radius 3 is 2.48 bits per heavy atom. The van der Waals surface area contributed by atoms with Gasteiger partial charge in [-0.25, -0.2) is 0 Å². The van der Waals surface area contributed by atoms with Crippen LogP contribution < -0.4 is 0 Å². The van der Waals surface area contributed by atoms with Crippen molar-refractivity contribution in [2.24, 2.45) is 5.41 Å². The quantitative estimate of drug-likeness (QED) is 0.575. The summed E-state index contributed by atoms with van der Waals surface area (Å²) in [7, 11) is 0. The molecule has 0 N–H and O–H groups in total. The average molecular weight is 360 g/mol. The molecule has 2 heterocycles. The van der Waals surface area contributed by atoms with Crippen molar-refractivity contribution in [3.63, 3.8) is 0 Å². The molecule has 0 spiro atoms. The molecule has 1 nitrogen and oxygen atoms in total. The summed E-state index contributed by atoms with van der Waals surface area (Å²) >= 11 is 0. The van der Waals surface area contributed by atoms with Gasteiger partial charge >= 0.3 is 0 Å². The number of hydrogen-bond donors (Lipinski definition) is 0. The lowest BCUT2D eigenvalue weighted by atomic mass is 9.74. The highest BCUT2D eigenvalue weighted by atomic mass is 15.2. The molecule has 1 saturated carbocycles. The van der Waals surface area contributed by atoms with Gasteiger partial charge in [-0.15, -0.1) is 0 Å². The molecule has 1 fully saturated rings. The second kappa shape index (κ2) is 6.26. The molecule has 1 aromatic rings. The third-order valence-electron chi connectivity index (χ3n) is 7.05. The summed E-state index contributed by atoms with van der Waals surface area (Å²) in [4.78, 5) is 2.57. The fourth-order valence-corrected chi connectivity index (χ4v) is 5.61. The summed E-state index contributed by atoms with van der Waals surface area (Å²) in [5.41, 5.74) is 11.1. The van der Waals surface area contributed by atoms with Crippen LogP contribution in [0, 0.1) is 5.41 Å². The number of nitrogens with zero attached hydrogens (tertiary/aromatic N) is 1. The van der Waals surface area contributed by atoms with E-state index in [4.69, 9.17) is 0 Å². The van der Waals surface area contributed by atoms with Gasteiger partial charge in [-0.3, -0.25) is 0 Å². The Morgan fingerprint density at radius 1 is 1.19 bits per heavy atom. The van der Waals surface area contributed by atoms with Crippen LogP contribution in [0.15, 0.2) is 54.3 Å². The first-order chi connectivity index (χ1) is 12.8. The fraction of sp³-hybridized carbons (Fsp3) is 0.462. The molecule has 2 atom stereocenters. The van der Waals surface area contributed by atoms with E-state index in [0.29, 0.717) is 17.4 Å². The minimum atomic E-state index is 0.298. The van der Waals surface area contributed by atoms with E-state index in [1.165, 1.54) is 40.8 Å². The standard InChI is InChI=1S/C26H33N/c1-8-18-13-21-20-10-11-26(6,7)25(20)27-15-23(16(3)4)17(5)12-24(27)22(21)14-19(18)9-2/h12-15,20,25H,3,5,8-11H2,1-2,4,6-7H3. The molecule has 0 amide bonds. The van der Waals surface area contributed by atoms with Crippen molar-refractivity contribution in [3.8, 4) is 0 Å². The maximum atomic E-state index is 4.35. The van der Waals surface area contributed by atoms with Crippen molar-refractivity contribution < 1.29 is 0 Å². The van der Waals surface area contributed by atoms with Crippen molar-refractivity contribution in [1.82, 2.24) is 4.90 Å². The zero-order chi connectivity index (χ0) is 19.5. The number of rotatable bonds is 3. The Labute approximate surface area is 165 Å². The highest BCUT2D eigenvalue weighted by Gasteiger charge is 2.50. The smallest absolute Gasteiger partial charge is 0.0491 e. The van der Waals surface area contributed by atoms with E-state index in [1.807, 2.05) is 0 Å². The number of allylic oxidation sites excluding steroid dienone is 4. The molecule has 1 aromatic carbocycles. The Balaban J connectivity index is 1.97. The van der Waals surface area contributed by atoms with Gasteiger partial charge < -0.3 is 4.90 Å². The lowest BCUT2D eigenvalue weighted by molar-refractivity contribution is 0.195. The van der Waals surface area contributed by atoms with Crippen LogP contribution in [0.3, 0.4) is 0 Å². The molecular weight excluding hydrogens is 326 g/mol. The van der Waals surface area contributed by atoms with E-state index in [1.54, 1.807) is 5.56 Å². The molecule has 1 aliphatic carbocycles. The molecule has 0 bridgehead atoms. The van der Waals surface area contributed by atoms with Gasteiger partial charge in [-0.2, -0.15) is 0 Å². The molecule has 27 heavy (non-hydrogen) atoms. The zero-order valence-corrected chi connectivity index (χ0v) is 17.7. The number of aryl methyl sites for hydroxylation is 2. The van der Waals surface area contributed by atoms with Crippen LogP contribution in [0.2, 0.25) is 0 Å². The Hall–Kier alpha value is -2.02. The average Bonchev–Trinajstić information content (AvgIpc) is 2.95. The number of fused-ring (bicyclic) bond motifs is 6. The predicted octanol–water partition coefficient (Wildman–Crippen LogP) is 6.77.